The van der Waals surface area contributed by atoms with Crippen molar-refractivity contribution in [1.29, 1.82) is 0 Å². The van der Waals surface area contributed by atoms with Crippen LogP contribution in [0.15, 0.2) is 18.2 Å². The second kappa shape index (κ2) is 5.54. The summed E-state index contributed by atoms with van der Waals surface area (Å²) >= 11 is 0. The molecule has 96 valence electrons. The third-order valence-corrected chi connectivity index (χ3v) is 2.93. The average molecular weight is 245 g/mol. The summed E-state index contributed by atoms with van der Waals surface area (Å²) in [5.41, 5.74) is 2.03. The second-order valence-electron chi connectivity index (χ2n) is 4.00. The molecule has 0 aliphatic rings. The van der Waals surface area contributed by atoms with Crippen molar-refractivity contribution in [1.82, 2.24) is 5.32 Å². The molecule has 0 aliphatic heterocycles. The van der Waals surface area contributed by atoms with Crippen molar-refractivity contribution in [2.75, 3.05) is 7.05 Å². The topological polar surface area (TPSA) is 12.0 Å². The van der Waals surface area contributed by atoms with Crippen molar-refractivity contribution in [2.24, 2.45) is 0 Å². The van der Waals surface area contributed by atoms with E-state index in [9.17, 15) is 13.2 Å². The summed E-state index contributed by atoms with van der Waals surface area (Å²) in [6.07, 6.45) is -2.91. The van der Waals surface area contributed by atoms with Crippen LogP contribution >= 0.6 is 0 Å². The first-order valence-electron chi connectivity index (χ1n) is 5.79. The van der Waals surface area contributed by atoms with Gasteiger partial charge >= 0.3 is 6.18 Å². The van der Waals surface area contributed by atoms with Gasteiger partial charge in [0.2, 0.25) is 0 Å². The molecule has 4 heteroatoms. The summed E-state index contributed by atoms with van der Waals surface area (Å²) in [5, 5.41) is 2.36. The smallest absolute Gasteiger partial charge is 0.306 e. The van der Waals surface area contributed by atoms with Crippen molar-refractivity contribution in [3.05, 3.63) is 34.9 Å². The van der Waals surface area contributed by atoms with E-state index in [-0.39, 0.29) is 0 Å². The second-order valence-corrected chi connectivity index (χ2v) is 4.00. The summed E-state index contributed by atoms with van der Waals surface area (Å²) in [6.45, 7) is 3.81. The van der Waals surface area contributed by atoms with Crippen LogP contribution in [0.3, 0.4) is 0 Å². The summed E-state index contributed by atoms with van der Waals surface area (Å²) in [5.74, 6) is 0. The van der Waals surface area contributed by atoms with E-state index in [1.807, 2.05) is 19.9 Å². The molecule has 1 aromatic carbocycles. The van der Waals surface area contributed by atoms with Gasteiger partial charge in [-0.1, -0.05) is 32.0 Å². The van der Waals surface area contributed by atoms with Crippen molar-refractivity contribution < 1.29 is 13.2 Å². The van der Waals surface area contributed by atoms with Gasteiger partial charge < -0.3 is 5.32 Å². The summed E-state index contributed by atoms with van der Waals surface area (Å²) in [6, 6.07) is 3.77. The Labute approximate surface area is 100 Å². The fraction of sp³-hybridized carbons (Fsp3) is 0.538. The fourth-order valence-electron chi connectivity index (χ4n) is 1.95. The zero-order valence-corrected chi connectivity index (χ0v) is 10.4. The zero-order chi connectivity index (χ0) is 13.1. The van der Waals surface area contributed by atoms with Crippen LogP contribution in [0.5, 0.6) is 0 Å². The maximum Gasteiger partial charge on any atom is 0.407 e. The lowest BCUT2D eigenvalue weighted by molar-refractivity contribution is -0.156. The summed E-state index contributed by atoms with van der Waals surface area (Å²) in [7, 11) is 1.34. The number of halogens is 3. The number of rotatable bonds is 4. The molecule has 1 unspecified atom stereocenters. The van der Waals surface area contributed by atoms with Crippen molar-refractivity contribution in [3.8, 4) is 0 Å². The van der Waals surface area contributed by atoms with E-state index < -0.39 is 12.2 Å². The summed E-state index contributed by atoms with van der Waals surface area (Å²) in [4.78, 5) is 0. The van der Waals surface area contributed by atoms with Crippen LogP contribution in [-0.4, -0.2) is 13.2 Å². The fourth-order valence-corrected chi connectivity index (χ4v) is 1.95. The molecule has 0 heterocycles. The highest BCUT2D eigenvalue weighted by molar-refractivity contribution is 5.35. The van der Waals surface area contributed by atoms with Crippen LogP contribution < -0.4 is 5.32 Å². The molecule has 1 atom stereocenters. The average Bonchev–Trinajstić information content (AvgIpc) is 2.28. The first-order valence-corrected chi connectivity index (χ1v) is 5.79. The SMILES string of the molecule is CCc1ccc(CC)c(C(NC)C(F)(F)F)c1. The minimum absolute atomic E-state index is 0.349. The van der Waals surface area contributed by atoms with Crippen LogP contribution in [0.25, 0.3) is 0 Å². The van der Waals surface area contributed by atoms with Gasteiger partial charge in [-0.05, 0) is 36.6 Å². The number of benzene rings is 1. The highest BCUT2D eigenvalue weighted by Crippen LogP contribution is 2.34. The number of alkyl halides is 3. The number of hydrogen-bond donors (Lipinski definition) is 1. The molecule has 0 saturated heterocycles. The molecule has 0 aliphatic carbocycles. The Bertz CT molecular complexity index is 371. The van der Waals surface area contributed by atoms with E-state index >= 15 is 0 Å². The lowest BCUT2D eigenvalue weighted by Crippen LogP contribution is -2.32. The number of hydrogen-bond acceptors (Lipinski definition) is 1. The summed E-state index contributed by atoms with van der Waals surface area (Å²) < 4.78 is 38.7. The van der Waals surface area contributed by atoms with Gasteiger partial charge in [0.05, 0.1) is 0 Å². The van der Waals surface area contributed by atoms with Crippen LogP contribution in [0, 0.1) is 0 Å². The lowest BCUT2D eigenvalue weighted by atomic mass is 9.95. The van der Waals surface area contributed by atoms with Crippen LogP contribution in [0.1, 0.15) is 36.6 Å². The quantitative estimate of drug-likeness (QED) is 0.854. The first kappa shape index (κ1) is 14.0. The molecule has 0 bridgehead atoms. The van der Waals surface area contributed by atoms with Crippen LogP contribution in [0.2, 0.25) is 0 Å². The molecule has 0 fully saturated rings. The Morgan fingerprint density at radius 3 is 2.24 bits per heavy atom. The van der Waals surface area contributed by atoms with Crippen molar-refractivity contribution in [2.45, 2.75) is 38.9 Å². The Kier molecular flexibility index (Phi) is 4.57. The largest absolute Gasteiger partial charge is 0.407 e. The van der Waals surface area contributed by atoms with Gasteiger partial charge in [-0.15, -0.1) is 0 Å². The molecule has 1 N–H and O–H groups in total. The zero-order valence-electron chi connectivity index (χ0n) is 10.4. The molecule has 1 nitrogen and oxygen atoms in total. The molecule has 1 aromatic rings. The van der Waals surface area contributed by atoms with E-state index in [2.05, 4.69) is 5.32 Å². The molecule has 0 radical (unpaired) electrons. The predicted molar refractivity (Wildman–Crippen MR) is 63.1 cm³/mol. The lowest BCUT2D eigenvalue weighted by Gasteiger charge is -2.23. The minimum atomic E-state index is -4.26. The van der Waals surface area contributed by atoms with Crippen molar-refractivity contribution in [3.63, 3.8) is 0 Å². The van der Waals surface area contributed by atoms with Crippen LogP contribution in [-0.2, 0) is 12.8 Å². The Balaban J connectivity index is 3.25. The number of aryl methyl sites for hydroxylation is 2. The monoisotopic (exact) mass is 245 g/mol. The molecule has 0 aromatic heterocycles. The van der Waals surface area contributed by atoms with E-state index in [4.69, 9.17) is 0 Å². The third-order valence-electron chi connectivity index (χ3n) is 2.93. The number of nitrogens with one attached hydrogen (secondary N) is 1. The highest BCUT2D eigenvalue weighted by atomic mass is 19.4. The van der Waals surface area contributed by atoms with Gasteiger partial charge in [0, 0.05) is 0 Å². The van der Waals surface area contributed by atoms with Gasteiger partial charge in [-0.2, -0.15) is 13.2 Å². The maximum absolute atomic E-state index is 12.9. The molecular weight excluding hydrogens is 227 g/mol. The predicted octanol–water partition coefficient (Wildman–Crippen LogP) is 3.63. The molecule has 17 heavy (non-hydrogen) atoms. The van der Waals surface area contributed by atoms with Gasteiger partial charge in [0.15, 0.2) is 0 Å². The maximum atomic E-state index is 12.9. The molecule has 0 saturated carbocycles. The van der Waals surface area contributed by atoms with E-state index in [0.29, 0.717) is 12.0 Å². The molecule has 0 spiro atoms. The van der Waals surface area contributed by atoms with Gasteiger partial charge in [-0.3, -0.25) is 0 Å². The molecule has 1 rings (SSSR count). The standard InChI is InChI=1S/C13H18F3N/c1-4-9-6-7-10(5-2)11(8-9)12(17-3)13(14,15)16/h6-8,12,17H,4-5H2,1-3H3. The van der Waals surface area contributed by atoms with Gasteiger partial charge in [0.1, 0.15) is 6.04 Å². The van der Waals surface area contributed by atoms with E-state index in [1.165, 1.54) is 7.05 Å². The Morgan fingerprint density at radius 1 is 1.18 bits per heavy atom. The normalized spacial score (nSPS) is 13.8. The third kappa shape index (κ3) is 3.22. The molecule has 0 amide bonds. The van der Waals surface area contributed by atoms with E-state index in [0.717, 1.165) is 17.5 Å². The highest BCUT2D eigenvalue weighted by Gasteiger charge is 2.40. The van der Waals surface area contributed by atoms with E-state index in [1.54, 1.807) is 12.1 Å². The Hall–Kier alpha value is -1.03. The van der Waals surface area contributed by atoms with Crippen molar-refractivity contribution >= 4 is 0 Å². The Morgan fingerprint density at radius 2 is 1.82 bits per heavy atom. The minimum Gasteiger partial charge on any atom is -0.306 e. The molecular formula is C13H18F3N. The van der Waals surface area contributed by atoms with Gasteiger partial charge in [0.25, 0.3) is 0 Å². The first-order chi connectivity index (χ1) is 7.93. The van der Waals surface area contributed by atoms with Crippen LogP contribution in [0.4, 0.5) is 13.2 Å². The van der Waals surface area contributed by atoms with Gasteiger partial charge in [-0.25, -0.2) is 0 Å².